The van der Waals surface area contributed by atoms with E-state index in [1.807, 2.05) is 24.3 Å². The number of carbonyl (C=O) groups is 1. The number of nitrogens with one attached hydrogen (secondary N) is 2. The van der Waals surface area contributed by atoms with Gasteiger partial charge in [0.15, 0.2) is 0 Å². The van der Waals surface area contributed by atoms with E-state index in [-0.39, 0.29) is 24.2 Å². The second kappa shape index (κ2) is 9.70. The molecule has 1 saturated heterocycles. The van der Waals surface area contributed by atoms with Crippen LogP contribution in [0.1, 0.15) is 37.7 Å². The molecule has 0 bridgehead atoms. The van der Waals surface area contributed by atoms with Gasteiger partial charge >= 0.3 is 0 Å². The van der Waals surface area contributed by atoms with Crippen LogP contribution in [-0.4, -0.2) is 32.7 Å². The third-order valence-electron chi connectivity index (χ3n) is 4.14. The average Bonchev–Trinajstić information content (AvgIpc) is 2.54. The van der Waals surface area contributed by atoms with Crippen molar-refractivity contribution in [3.05, 3.63) is 29.8 Å². The molecule has 2 atom stereocenters. The highest BCUT2D eigenvalue weighted by atomic mass is 35.5. The van der Waals surface area contributed by atoms with Gasteiger partial charge in [-0.1, -0.05) is 19.1 Å². The quantitative estimate of drug-likeness (QED) is 0.845. The first kappa shape index (κ1) is 18.8. The van der Waals surface area contributed by atoms with Gasteiger partial charge in [0.05, 0.1) is 7.11 Å². The van der Waals surface area contributed by atoms with Gasteiger partial charge < -0.3 is 15.4 Å². The van der Waals surface area contributed by atoms with Crippen LogP contribution in [0.5, 0.6) is 5.75 Å². The van der Waals surface area contributed by atoms with Crippen molar-refractivity contribution in [3.63, 3.8) is 0 Å². The van der Waals surface area contributed by atoms with E-state index in [9.17, 15) is 4.79 Å². The summed E-state index contributed by atoms with van der Waals surface area (Å²) >= 11 is 0. The largest absolute Gasteiger partial charge is 0.497 e. The van der Waals surface area contributed by atoms with Crippen LogP contribution in [-0.2, 0) is 4.79 Å². The average molecular weight is 327 g/mol. The Bertz CT molecular complexity index is 462. The molecule has 1 aliphatic rings. The number of hydrogen-bond acceptors (Lipinski definition) is 3. The molecule has 4 nitrogen and oxygen atoms in total. The van der Waals surface area contributed by atoms with Crippen molar-refractivity contribution < 1.29 is 9.53 Å². The highest BCUT2D eigenvalue weighted by Crippen LogP contribution is 2.23. The lowest BCUT2D eigenvalue weighted by Crippen LogP contribution is -2.38. The molecule has 124 valence electrons. The van der Waals surface area contributed by atoms with Gasteiger partial charge in [0.2, 0.25) is 5.91 Å². The molecule has 0 spiro atoms. The topological polar surface area (TPSA) is 50.4 Å². The van der Waals surface area contributed by atoms with Crippen molar-refractivity contribution in [2.45, 2.75) is 32.1 Å². The van der Waals surface area contributed by atoms with Gasteiger partial charge in [-0.2, -0.15) is 0 Å². The highest BCUT2D eigenvalue weighted by molar-refractivity contribution is 5.85. The molecule has 2 N–H and O–H groups in total. The van der Waals surface area contributed by atoms with Crippen LogP contribution in [0.2, 0.25) is 0 Å². The minimum atomic E-state index is 0. The number of rotatable bonds is 6. The molecular weight excluding hydrogens is 300 g/mol. The summed E-state index contributed by atoms with van der Waals surface area (Å²) in [5.74, 6) is 1.75. The van der Waals surface area contributed by atoms with E-state index in [1.165, 1.54) is 12.8 Å². The number of halogens is 1. The predicted octanol–water partition coefficient (Wildman–Crippen LogP) is 2.73. The highest BCUT2D eigenvalue weighted by Gasteiger charge is 2.16. The normalized spacial score (nSPS) is 18.9. The fourth-order valence-corrected chi connectivity index (χ4v) is 2.77. The summed E-state index contributed by atoms with van der Waals surface area (Å²) < 4.78 is 5.23. The van der Waals surface area contributed by atoms with Gasteiger partial charge in [-0.3, -0.25) is 4.79 Å². The second-order valence-electron chi connectivity index (χ2n) is 5.90. The number of benzene rings is 1. The Kier molecular flexibility index (Phi) is 8.28. The van der Waals surface area contributed by atoms with Crippen LogP contribution in [0, 0.1) is 5.92 Å². The smallest absolute Gasteiger partial charge is 0.220 e. The molecular formula is C17H27ClN2O2. The fourth-order valence-electron chi connectivity index (χ4n) is 2.77. The zero-order chi connectivity index (χ0) is 15.1. The molecule has 0 aliphatic carbocycles. The van der Waals surface area contributed by atoms with Crippen molar-refractivity contribution in [2.75, 3.05) is 26.7 Å². The number of amides is 1. The molecule has 2 rings (SSSR count). The van der Waals surface area contributed by atoms with Crippen molar-refractivity contribution in [3.8, 4) is 5.75 Å². The molecule has 2 unspecified atom stereocenters. The minimum absolute atomic E-state index is 0. The van der Waals surface area contributed by atoms with Crippen molar-refractivity contribution in [1.82, 2.24) is 10.6 Å². The van der Waals surface area contributed by atoms with Gasteiger partial charge in [-0.25, -0.2) is 0 Å². The van der Waals surface area contributed by atoms with E-state index in [0.29, 0.717) is 12.3 Å². The summed E-state index contributed by atoms with van der Waals surface area (Å²) in [7, 11) is 1.66. The van der Waals surface area contributed by atoms with E-state index in [4.69, 9.17) is 4.74 Å². The van der Waals surface area contributed by atoms with Crippen molar-refractivity contribution in [1.29, 1.82) is 0 Å². The number of ether oxygens (including phenoxy) is 1. The summed E-state index contributed by atoms with van der Waals surface area (Å²) in [6, 6.07) is 7.94. The lowest BCUT2D eigenvalue weighted by Gasteiger charge is -2.23. The van der Waals surface area contributed by atoms with Crippen LogP contribution in [0.3, 0.4) is 0 Å². The molecule has 0 radical (unpaired) electrons. The minimum Gasteiger partial charge on any atom is -0.497 e. The van der Waals surface area contributed by atoms with E-state index in [0.717, 1.165) is 30.9 Å². The number of carbonyl (C=O) groups excluding carboxylic acids is 1. The molecule has 0 saturated carbocycles. The van der Waals surface area contributed by atoms with Gasteiger partial charge in [-0.15, -0.1) is 12.4 Å². The summed E-state index contributed by atoms with van der Waals surface area (Å²) in [5.41, 5.74) is 1.14. The maximum Gasteiger partial charge on any atom is 0.220 e. The molecule has 1 fully saturated rings. The van der Waals surface area contributed by atoms with Crippen LogP contribution in [0.15, 0.2) is 24.3 Å². The third kappa shape index (κ3) is 5.85. The lowest BCUT2D eigenvalue weighted by molar-refractivity contribution is -0.121. The second-order valence-corrected chi connectivity index (χ2v) is 5.90. The Morgan fingerprint density at radius 2 is 2.32 bits per heavy atom. The van der Waals surface area contributed by atoms with E-state index < -0.39 is 0 Å². The molecule has 1 aromatic carbocycles. The predicted molar refractivity (Wildman–Crippen MR) is 91.9 cm³/mol. The van der Waals surface area contributed by atoms with E-state index in [2.05, 4.69) is 17.6 Å². The monoisotopic (exact) mass is 326 g/mol. The molecule has 0 aromatic heterocycles. The Morgan fingerprint density at radius 1 is 1.50 bits per heavy atom. The summed E-state index contributed by atoms with van der Waals surface area (Å²) in [6.45, 7) is 5.00. The molecule has 1 heterocycles. The molecule has 1 amide bonds. The number of hydrogen-bond donors (Lipinski definition) is 2. The summed E-state index contributed by atoms with van der Waals surface area (Å²) in [5, 5.41) is 6.44. The summed E-state index contributed by atoms with van der Waals surface area (Å²) in [6.07, 6.45) is 2.94. The van der Waals surface area contributed by atoms with Crippen LogP contribution >= 0.6 is 12.4 Å². The maximum atomic E-state index is 12.1. The maximum absolute atomic E-state index is 12.1. The van der Waals surface area contributed by atoms with Crippen LogP contribution < -0.4 is 15.4 Å². The first-order chi connectivity index (χ1) is 10.2. The molecule has 1 aliphatic heterocycles. The van der Waals surface area contributed by atoms with Crippen LogP contribution in [0.4, 0.5) is 0 Å². The lowest BCUT2D eigenvalue weighted by atomic mass is 9.96. The zero-order valence-electron chi connectivity index (χ0n) is 13.4. The molecule has 5 heteroatoms. The van der Waals surface area contributed by atoms with E-state index in [1.54, 1.807) is 7.11 Å². The number of piperidine rings is 1. The van der Waals surface area contributed by atoms with Crippen LogP contribution in [0.25, 0.3) is 0 Å². The van der Waals surface area contributed by atoms with Gasteiger partial charge in [0.1, 0.15) is 5.75 Å². The number of methoxy groups -OCH3 is 1. The Hall–Kier alpha value is -1.26. The molecule has 22 heavy (non-hydrogen) atoms. The SMILES string of the molecule is COc1cccc(C(C)CC(=O)NCC2CCCNC2)c1.Cl. The van der Waals surface area contributed by atoms with Crippen molar-refractivity contribution >= 4 is 18.3 Å². The Labute approximate surface area is 139 Å². The van der Waals surface area contributed by atoms with Gasteiger partial charge in [0.25, 0.3) is 0 Å². The van der Waals surface area contributed by atoms with Gasteiger partial charge in [-0.05, 0) is 55.5 Å². The standard InChI is InChI=1S/C17H26N2O2.ClH/c1-13(15-6-3-7-16(10-15)21-2)9-17(20)19-12-14-5-4-8-18-11-14;/h3,6-7,10,13-14,18H,4-5,8-9,11-12H2,1-2H3,(H,19,20);1H. The third-order valence-corrected chi connectivity index (χ3v) is 4.14. The first-order valence-electron chi connectivity index (χ1n) is 7.80. The Morgan fingerprint density at radius 3 is 3.00 bits per heavy atom. The molecule has 1 aromatic rings. The zero-order valence-corrected chi connectivity index (χ0v) is 14.2. The van der Waals surface area contributed by atoms with Crippen molar-refractivity contribution in [2.24, 2.45) is 5.92 Å². The fraction of sp³-hybridized carbons (Fsp3) is 0.588. The first-order valence-corrected chi connectivity index (χ1v) is 7.80. The summed E-state index contributed by atoms with van der Waals surface area (Å²) in [4.78, 5) is 12.1. The van der Waals surface area contributed by atoms with E-state index >= 15 is 0 Å². The Balaban J connectivity index is 0.00000242. The van der Waals surface area contributed by atoms with Gasteiger partial charge in [0, 0.05) is 13.0 Å².